The summed E-state index contributed by atoms with van der Waals surface area (Å²) in [7, 11) is 0. The van der Waals surface area contributed by atoms with Crippen molar-refractivity contribution in [3.05, 3.63) is 59.9 Å². The Kier molecular flexibility index (Phi) is 6.16. The van der Waals surface area contributed by atoms with Crippen LogP contribution < -0.4 is 5.32 Å². The zero-order valence-electron chi connectivity index (χ0n) is 17.7. The number of benzene rings is 1. The Bertz CT molecular complexity index is 1030. The summed E-state index contributed by atoms with van der Waals surface area (Å²) in [5, 5.41) is 6.88. The van der Waals surface area contributed by atoms with E-state index in [1.807, 2.05) is 38.1 Å². The van der Waals surface area contributed by atoms with E-state index in [0.717, 1.165) is 23.2 Å². The lowest BCUT2D eigenvalue weighted by Gasteiger charge is -2.27. The number of hydrogen-bond donors (Lipinski definition) is 1. The standard InChI is InChI=1S/C23H26N4O4/c1-3-18(20-11-15(2)26-31-20)23(29)27-10-4-5-19(27)22(28)25-12-16-6-8-17(9-7-16)21-13-24-14-30-21/h6-9,11,13-14,18-19H,3-5,10,12H2,1-2H3,(H,25,28)/t18-,19+/m1/s1. The number of hydrogen-bond acceptors (Lipinski definition) is 6. The van der Waals surface area contributed by atoms with Crippen LogP contribution in [0.15, 0.2) is 51.9 Å². The molecule has 1 aliphatic rings. The van der Waals surface area contributed by atoms with E-state index in [2.05, 4.69) is 15.5 Å². The van der Waals surface area contributed by atoms with Gasteiger partial charge in [0.1, 0.15) is 11.8 Å². The Morgan fingerprint density at radius 3 is 2.74 bits per heavy atom. The Hall–Kier alpha value is -3.42. The van der Waals surface area contributed by atoms with Gasteiger partial charge in [-0.1, -0.05) is 36.3 Å². The number of aromatic nitrogens is 2. The minimum absolute atomic E-state index is 0.0762. The molecule has 0 radical (unpaired) electrons. The van der Waals surface area contributed by atoms with Gasteiger partial charge in [-0.05, 0) is 31.7 Å². The van der Waals surface area contributed by atoms with Gasteiger partial charge in [0.25, 0.3) is 0 Å². The lowest BCUT2D eigenvalue weighted by molar-refractivity contribution is -0.140. The quantitative estimate of drug-likeness (QED) is 0.626. The van der Waals surface area contributed by atoms with Gasteiger partial charge in [0.2, 0.25) is 11.8 Å². The van der Waals surface area contributed by atoms with Gasteiger partial charge in [-0.15, -0.1) is 0 Å². The van der Waals surface area contributed by atoms with E-state index in [1.54, 1.807) is 17.2 Å². The third-order valence-corrected chi connectivity index (χ3v) is 5.67. The first kappa shape index (κ1) is 20.8. The first-order chi connectivity index (χ1) is 15.1. The normalized spacial score (nSPS) is 17.0. The lowest BCUT2D eigenvalue weighted by Crippen LogP contribution is -2.47. The molecule has 3 heterocycles. The molecule has 1 aliphatic heterocycles. The van der Waals surface area contributed by atoms with Gasteiger partial charge < -0.3 is 19.2 Å². The molecule has 4 rings (SSSR count). The monoisotopic (exact) mass is 422 g/mol. The van der Waals surface area contributed by atoms with Crippen molar-refractivity contribution in [2.75, 3.05) is 6.54 Å². The molecule has 31 heavy (non-hydrogen) atoms. The summed E-state index contributed by atoms with van der Waals surface area (Å²) >= 11 is 0. The summed E-state index contributed by atoms with van der Waals surface area (Å²) < 4.78 is 10.6. The summed E-state index contributed by atoms with van der Waals surface area (Å²) in [6, 6.07) is 9.07. The van der Waals surface area contributed by atoms with E-state index in [1.165, 1.54) is 6.39 Å². The zero-order valence-corrected chi connectivity index (χ0v) is 17.7. The fourth-order valence-corrected chi connectivity index (χ4v) is 4.00. The molecule has 2 amide bonds. The fourth-order valence-electron chi connectivity index (χ4n) is 4.00. The van der Waals surface area contributed by atoms with Crippen molar-refractivity contribution in [3.63, 3.8) is 0 Å². The van der Waals surface area contributed by atoms with Crippen LogP contribution in [0.4, 0.5) is 0 Å². The van der Waals surface area contributed by atoms with E-state index in [0.29, 0.717) is 37.5 Å². The maximum Gasteiger partial charge on any atom is 0.243 e. The van der Waals surface area contributed by atoms with Gasteiger partial charge in [-0.3, -0.25) is 9.59 Å². The molecule has 1 N–H and O–H groups in total. The molecule has 0 unspecified atom stereocenters. The van der Waals surface area contributed by atoms with Crippen molar-refractivity contribution in [3.8, 4) is 11.3 Å². The summed E-state index contributed by atoms with van der Waals surface area (Å²) in [4.78, 5) is 31.7. The van der Waals surface area contributed by atoms with Crippen molar-refractivity contribution >= 4 is 11.8 Å². The summed E-state index contributed by atoms with van der Waals surface area (Å²) in [5.41, 5.74) is 2.63. The largest absolute Gasteiger partial charge is 0.444 e. The number of likely N-dealkylation sites (tertiary alicyclic amines) is 1. The highest BCUT2D eigenvalue weighted by Crippen LogP contribution is 2.28. The van der Waals surface area contributed by atoms with Crippen LogP contribution in [-0.4, -0.2) is 39.4 Å². The van der Waals surface area contributed by atoms with Crippen LogP contribution in [0.25, 0.3) is 11.3 Å². The molecule has 162 valence electrons. The molecule has 3 aromatic rings. The second kappa shape index (κ2) is 9.16. The molecule has 1 fully saturated rings. The summed E-state index contributed by atoms with van der Waals surface area (Å²) in [5.74, 6) is 0.630. The topological polar surface area (TPSA) is 101 Å². The second-order valence-electron chi connectivity index (χ2n) is 7.80. The molecule has 1 saturated heterocycles. The predicted molar refractivity (Wildman–Crippen MR) is 113 cm³/mol. The highest BCUT2D eigenvalue weighted by atomic mass is 16.5. The fraction of sp³-hybridized carbons (Fsp3) is 0.391. The van der Waals surface area contributed by atoms with E-state index in [4.69, 9.17) is 8.94 Å². The van der Waals surface area contributed by atoms with Crippen LogP contribution in [-0.2, 0) is 16.1 Å². The van der Waals surface area contributed by atoms with Gasteiger partial charge in [-0.2, -0.15) is 0 Å². The molecule has 2 atom stereocenters. The summed E-state index contributed by atoms with van der Waals surface area (Å²) in [6.45, 7) is 4.74. The van der Waals surface area contributed by atoms with Crippen LogP contribution >= 0.6 is 0 Å². The molecule has 0 bridgehead atoms. The average Bonchev–Trinajstić information content (AvgIpc) is 3.55. The Labute approximate surface area is 180 Å². The van der Waals surface area contributed by atoms with Crippen LogP contribution in [0.5, 0.6) is 0 Å². The van der Waals surface area contributed by atoms with Crippen molar-refractivity contribution < 1.29 is 18.5 Å². The van der Waals surface area contributed by atoms with Gasteiger partial charge >= 0.3 is 0 Å². The number of amides is 2. The number of carbonyl (C=O) groups is 2. The SMILES string of the molecule is CC[C@@H](C(=O)N1CCC[C@H]1C(=O)NCc1ccc(-c2cnco2)cc1)c1cc(C)no1. The van der Waals surface area contributed by atoms with Crippen LogP contribution in [0, 0.1) is 6.92 Å². The average molecular weight is 422 g/mol. The van der Waals surface area contributed by atoms with E-state index in [9.17, 15) is 9.59 Å². The van der Waals surface area contributed by atoms with Crippen LogP contribution in [0.3, 0.4) is 0 Å². The first-order valence-corrected chi connectivity index (χ1v) is 10.6. The second-order valence-corrected chi connectivity index (χ2v) is 7.80. The van der Waals surface area contributed by atoms with Crippen LogP contribution in [0.2, 0.25) is 0 Å². The lowest BCUT2D eigenvalue weighted by atomic mass is 10.0. The predicted octanol–water partition coefficient (Wildman–Crippen LogP) is 3.44. The number of nitrogens with zero attached hydrogens (tertiary/aromatic N) is 3. The van der Waals surface area contributed by atoms with Crippen LogP contribution in [0.1, 0.15) is 49.1 Å². The number of aryl methyl sites for hydroxylation is 1. The van der Waals surface area contributed by atoms with Crippen molar-refractivity contribution in [1.82, 2.24) is 20.4 Å². The van der Waals surface area contributed by atoms with Gasteiger partial charge in [0, 0.05) is 24.7 Å². The number of carbonyl (C=O) groups excluding carboxylic acids is 2. The smallest absolute Gasteiger partial charge is 0.243 e. The zero-order chi connectivity index (χ0) is 21.8. The van der Waals surface area contributed by atoms with E-state index in [-0.39, 0.29) is 11.8 Å². The maximum absolute atomic E-state index is 13.2. The van der Waals surface area contributed by atoms with E-state index < -0.39 is 12.0 Å². The third-order valence-electron chi connectivity index (χ3n) is 5.67. The molecular weight excluding hydrogens is 396 g/mol. The molecular formula is C23H26N4O4. The van der Waals surface area contributed by atoms with Crippen molar-refractivity contribution in [2.45, 2.75) is 51.6 Å². The molecule has 8 nitrogen and oxygen atoms in total. The number of oxazole rings is 1. The Morgan fingerprint density at radius 1 is 1.29 bits per heavy atom. The first-order valence-electron chi connectivity index (χ1n) is 10.6. The minimum atomic E-state index is -0.459. The highest BCUT2D eigenvalue weighted by Gasteiger charge is 2.38. The van der Waals surface area contributed by atoms with Gasteiger partial charge in [-0.25, -0.2) is 4.98 Å². The minimum Gasteiger partial charge on any atom is -0.444 e. The molecule has 8 heteroatoms. The Balaban J connectivity index is 1.38. The molecule has 0 aliphatic carbocycles. The van der Waals surface area contributed by atoms with E-state index >= 15 is 0 Å². The Morgan fingerprint density at radius 2 is 2.10 bits per heavy atom. The molecule has 2 aromatic heterocycles. The summed E-state index contributed by atoms with van der Waals surface area (Å²) in [6.07, 6.45) is 5.11. The van der Waals surface area contributed by atoms with Gasteiger partial charge in [0.05, 0.1) is 17.8 Å². The van der Waals surface area contributed by atoms with Gasteiger partial charge in [0.15, 0.2) is 12.2 Å². The molecule has 1 aromatic carbocycles. The molecule has 0 saturated carbocycles. The van der Waals surface area contributed by atoms with Crippen molar-refractivity contribution in [1.29, 1.82) is 0 Å². The molecule has 0 spiro atoms. The highest BCUT2D eigenvalue weighted by molar-refractivity contribution is 5.90. The third kappa shape index (κ3) is 4.52. The number of rotatable bonds is 7. The van der Waals surface area contributed by atoms with Crippen molar-refractivity contribution in [2.24, 2.45) is 0 Å². The number of nitrogens with one attached hydrogen (secondary N) is 1. The maximum atomic E-state index is 13.2.